The highest BCUT2D eigenvalue weighted by atomic mass is 35.5. The van der Waals surface area contributed by atoms with Crippen molar-refractivity contribution in [2.45, 2.75) is 0 Å². The van der Waals surface area contributed by atoms with Crippen LogP contribution >= 0.6 is 11.6 Å². The van der Waals surface area contributed by atoms with E-state index >= 15 is 0 Å². The first-order chi connectivity index (χ1) is 11.2. The molecule has 0 aliphatic carbocycles. The van der Waals surface area contributed by atoms with E-state index in [1.807, 2.05) is 48.5 Å². The van der Waals surface area contributed by atoms with Crippen molar-refractivity contribution in [3.8, 4) is 16.9 Å². The molecule has 3 aromatic rings. The Morgan fingerprint density at radius 3 is 2.61 bits per heavy atom. The number of methoxy groups -OCH3 is 1. The molecule has 1 N–H and O–H groups in total. The van der Waals surface area contributed by atoms with Crippen LogP contribution in [-0.4, -0.2) is 23.8 Å². The summed E-state index contributed by atoms with van der Waals surface area (Å²) in [5, 5.41) is 10.6. The first-order valence-electron chi connectivity index (χ1n) is 7.23. The van der Waals surface area contributed by atoms with Crippen LogP contribution in [0.3, 0.4) is 0 Å². The summed E-state index contributed by atoms with van der Waals surface area (Å²) < 4.78 is 5.22. The third-order valence-electron chi connectivity index (χ3n) is 3.59. The van der Waals surface area contributed by atoms with Gasteiger partial charge >= 0.3 is 0 Å². The van der Waals surface area contributed by atoms with Gasteiger partial charge in [0.25, 0.3) is 0 Å². The molecule has 0 saturated carbocycles. The molecule has 0 spiro atoms. The number of hydrogen-bond acceptors (Lipinski definition) is 3. The maximum Gasteiger partial charge on any atom is 0.118 e. The van der Waals surface area contributed by atoms with Crippen LogP contribution < -0.4 is 4.74 Å². The fourth-order valence-electron chi connectivity index (χ4n) is 2.49. The van der Waals surface area contributed by atoms with Crippen molar-refractivity contribution in [2.24, 2.45) is 0 Å². The Morgan fingerprint density at radius 1 is 1.13 bits per heavy atom. The summed E-state index contributed by atoms with van der Waals surface area (Å²) in [5.41, 5.74) is 3.75. The van der Waals surface area contributed by atoms with Gasteiger partial charge in [-0.05, 0) is 53.6 Å². The standard InChI is InChI=1S/C19H16ClNO2/c1-23-16-7-4-13(5-8-16)17-12-15(3-2-10-22)21-19-9-6-14(20)11-18(17)19/h2-9,11-12,22H,10H2,1H3/b3-2+. The van der Waals surface area contributed by atoms with Crippen LogP contribution in [0.4, 0.5) is 0 Å². The highest BCUT2D eigenvalue weighted by Gasteiger charge is 2.08. The van der Waals surface area contributed by atoms with Gasteiger partial charge in [-0.1, -0.05) is 29.8 Å². The Labute approximate surface area is 139 Å². The Kier molecular flexibility index (Phi) is 4.60. The SMILES string of the molecule is COc1ccc(-c2cc(/C=C/CO)nc3ccc(Cl)cc23)cc1. The summed E-state index contributed by atoms with van der Waals surface area (Å²) >= 11 is 6.15. The topological polar surface area (TPSA) is 42.4 Å². The van der Waals surface area contributed by atoms with Gasteiger partial charge in [0.05, 0.1) is 24.9 Å². The molecule has 2 aromatic carbocycles. The third-order valence-corrected chi connectivity index (χ3v) is 3.82. The second-order valence-electron chi connectivity index (χ2n) is 5.07. The predicted octanol–water partition coefficient (Wildman–Crippen LogP) is 4.57. The third kappa shape index (κ3) is 3.36. The first-order valence-corrected chi connectivity index (χ1v) is 7.61. The summed E-state index contributed by atoms with van der Waals surface area (Å²) in [5.74, 6) is 0.811. The molecule has 1 heterocycles. The molecule has 116 valence electrons. The van der Waals surface area contributed by atoms with Crippen LogP contribution in [-0.2, 0) is 0 Å². The first kappa shape index (κ1) is 15.5. The number of aromatic nitrogens is 1. The Balaban J connectivity index is 2.22. The number of halogens is 1. The molecule has 0 unspecified atom stereocenters. The minimum absolute atomic E-state index is 0.0157. The molecule has 0 atom stereocenters. The fraction of sp³-hybridized carbons (Fsp3) is 0.105. The Hall–Kier alpha value is -2.36. The number of pyridine rings is 1. The monoisotopic (exact) mass is 325 g/mol. The summed E-state index contributed by atoms with van der Waals surface area (Å²) in [4.78, 5) is 4.59. The zero-order valence-electron chi connectivity index (χ0n) is 12.7. The van der Waals surface area contributed by atoms with Gasteiger partial charge in [-0.3, -0.25) is 0 Å². The van der Waals surface area contributed by atoms with Gasteiger partial charge < -0.3 is 9.84 Å². The van der Waals surface area contributed by atoms with Crippen LogP contribution in [0.2, 0.25) is 5.02 Å². The molecule has 3 nitrogen and oxygen atoms in total. The number of hydrogen-bond donors (Lipinski definition) is 1. The number of aliphatic hydroxyl groups excluding tert-OH is 1. The molecule has 0 aliphatic heterocycles. The molecule has 0 saturated heterocycles. The fourth-order valence-corrected chi connectivity index (χ4v) is 2.66. The number of fused-ring (bicyclic) bond motifs is 1. The average Bonchev–Trinajstić information content (AvgIpc) is 2.59. The largest absolute Gasteiger partial charge is 0.497 e. The maximum atomic E-state index is 8.98. The molecule has 0 fully saturated rings. The lowest BCUT2D eigenvalue weighted by molar-refractivity contribution is 0.343. The minimum Gasteiger partial charge on any atom is -0.497 e. The van der Waals surface area contributed by atoms with Gasteiger partial charge in [-0.2, -0.15) is 0 Å². The molecular formula is C19H16ClNO2. The molecule has 0 aliphatic rings. The number of aliphatic hydroxyl groups is 1. The second-order valence-corrected chi connectivity index (χ2v) is 5.51. The zero-order valence-corrected chi connectivity index (χ0v) is 13.4. The van der Waals surface area contributed by atoms with Crippen LogP contribution in [0.5, 0.6) is 5.75 Å². The van der Waals surface area contributed by atoms with Gasteiger partial charge in [0.15, 0.2) is 0 Å². The predicted molar refractivity (Wildman–Crippen MR) is 94.9 cm³/mol. The van der Waals surface area contributed by atoms with Crippen molar-refractivity contribution in [1.82, 2.24) is 4.98 Å². The lowest BCUT2D eigenvalue weighted by atomic mass is 10.00. The summed E-state index contributed by atoms with van der Waals surface area (Å²) in [6, 6.07) is 15.5. The number of benzene rings is 2. The normalized spacial score (nSPS) is 11.3. The quantitative estimate of drug-likeness (QED) is 0.764. The van der Waals surface area contributed by atoms with Gasteiger partial charge in [0.2, 0.25) is 0 Å². The van der Waals surface area contributed by atoms with E-state index < -0.39 is 0 Å². The molecule has 4 heteroatoms. The van der Waals surface area contributed by atoms with Gasteiger partial charge in [0.1, 0.15) is 5.75 Å². The van der Waals surface area contributed by atoms with Crippen molar-refractivity contribution in [3.63, 3.8) is 0 Å². The molecular weight excluding hydrogens is 310 g/mol. The van der Waals surface area contributed by atoms with Crippen LogP contribution in [0.15, 0.2) is 54.6 Å². The molecule has 3 rings (SSSR count). The molecule has 0 radical (unpaired) electrons. The molecule has 0 amide bonds. The van der Waals surface area contributed by atoms with Crippen LogP contribution in [0, 0.1) is 0 Å². The van der Waals surface area contributed by atoms with E-state index in [9.17, 15) is 0 Å². The van der Waals surface area contributed by atoms with E-state index in [1.54, 1.807) is 19.3 Å². The smallest absolute Gasteiger partial charge is 0.118 e. The summed E-state index contributed by atoms with van der Waals surface area (Å²) in [6.45, 7) is -0.0157. The van der Waals surface area contributed by atoms with E-state index in [2.05, 4.69) is 4.98 Å². The summed E-state index contributed by atoms with van der Waals surface area (Å²) in [6.07, 6.45) is 3.48. The minimum atomic E-state index is -0.0157. The van der Waals surface area contributed by atoms with E-state index in [1.165, 1.54) is 0 Å². The van der Waals surface area contributed by atoms with Crippen molar-refractivity contribution < 1.29 is 9.84 Å². The zero-order chi connectivity index (χ0) is 16.2. The number of nitrogens with zero attached hydrogens (tertiary/aromatic N) is 1. The number of rotatable bonds is 4. The highest BCUT2D eigenvalue weighted by Crippen LogP contribution is 2.31. The number of ether oxygens (including phenoxy) is 1. The van der Waals surface area contributed by atoms with Gasteiger partial charge in [0, 0.05) is 10.4 Å². The highest BCUT2D eigenvalue weighted by molar-refractivity contribution is 6.31. The van der Waals surface area contributed by atoms with Crippen molar-refractivity contribution in [3.05, 3.63) is 65.3 Å². The van der Waals surface area contributed by atoms with Crippen molar-refractivity contribution in [2.75, 3.05) is 13.7 Å². The Bertz CT molecular complexity index is 857. The summed E-state index contributed by atoms with van der Waals surface area (Å²) in [7, 11) is 1.65. The van der Waals surface area contributed by atoms with E-state index in [0.717, 1.165) is 33.5 Å². The maximum absolute atomic E-state index is 8.98. The van der Waals surface area contributed by atoms with E-state index in [0.29, 0.717) is 5.02 Å². The molecule has 1 aromatic heterocycles. The van der Waals surface area contributed by atoms with E-state index in [4.69, 9.17) is 21.4 Å². The van der Waals surface area contributed by atoms with Gasteiger partial charge in [-0.15, -0.1) is 0 Å². The lowest BCUT2D eigenvalue weighted by Gasteiger charge is -2.10. The van der Waals surface area contributed by atoms with Crippen molar-refractivity contribution >= 4 is 28.6 Å². The average molecular weight is 326 g/mol. The van der Waals surface area contributed by atoms with Crippen LogP contribution in [0.1, 0.15) is 5.69 Å². The van der Waals surface area contributed by atoms with Crippen molar-refractivity contribution in [1.29, 1.82) is 0 Å². The van der Waals surface area contributed by atoms with E-state index in [-0.39, 0.29) is 6.61 Å². The lowest BCUT2D eigenvalue weighted by Crippen LogP contribution is -1.90. The van der Waals surface area contributed by atoms with Crippen LogP contribution in [0.25, 0.3) is 28.1 Å². The molecule has 0 bridgehead atoms. The second kappa shape index (κ2) is 6.82. The van der Waals surface area contributed by atoms with Gasteiger partial charge in [-0.25, -0.2) is 4.98 Å². The molecule has 23 heavy (non-hydrogen) atoms. The Morgan fingerprint density at radius 2 is 1.91 bits per heavy atom.